The number of amides is 1. The van der Waals surface area contributed by atoms with Gasteiger partial charge in [0.05, 0.1) is 17.9 Å². The van der Waals surface area contributed by atoms with Gasteiger partial charge in [0.25, 0.3) is 11.7 Å². The fourth-order valence-electron chi connectivity index (χ4n) is 3.72. The number of aliphatic hydroxyl groups excluding tert-OH is 1. The lowest BCUT2D eigenvalue weighted by atomic mass is 9.98. The summed E-state index contributed by atoms with van der Waals surface area (Å²) in [4.78, 5) is 27.5. The Morgan fingerprint density at radius 3 is 2.44 bits per heavy atom. The molecule has 1 amide bonds. The molecular formula is C25H22BrNO5. The van der Waals surface area contributed by atoms with E-state index in [0.717, 1.165) is 10.0 Å². The summed E-state index contributed by atoms with van der Waals surface area (Å²) in [5, 5.41) is 11.1. The molecule has 164 valence electrons. The van der Waals surface area contributed by atoms with Gasteiger partial charge in [-0.2, -0.15) is 0 Å². The molecule has 2 heterocycles. The molecule has 1 atom stereocenters. The molecule has 1 fully saturated rings. The fraction of sp³-hybridized carbons (Fsp3) is 0.200. The zero-order chi connectivity index (χ0) is 23.0. The molecule has 0 aliphatic carbocycles. The summed E-state index contributed by atoms with van der Waals surface area (Å²) in [5.41, 5.74) is 1.81. The third kappa shape index (κ3) is 3.96. The van der Waals surface area contributed by atoms with Gasteiger partial charge in [-0.25, -0.2) is 0 Å². The molecular weight excluding hydrogens is 474 g/mol. The number of rotatable bonds is 5. The number of aliphatic hydroxyl groups is 1. The van der Waals surface area contributed by atoms with Crippen molar-refractivity contribution >= 4 is 39.1 Å². The Morgan fingerprint density at radius 1 is 1.12 bits per heavy atom. The zero-order valence-corrected chi connectivity index (χ0v) is 19.4. The lowest BCUT2D eigenvalue weighted by molar-refractivity contribution is -0.132. The third-order valence-electron chi connectivity index (χ3n) is 5.18. The van der Waals surface area contributed by atoms with E-state index in [4.69, 9.17) is 9.15 Å². The summed E-state index contributed by atoms with van der Waals surface area (Å²) in [6.45, 7) is 5.73. The highest BCUT2D eigenvalue weighted by atomic mass is 79.9. The van der Waals surface area contributed by atoms with Crippen LogP contribution in [0.5, 0.6) is 5.75 Å². The van der Waals surface area contributed by atoms with Crippen molar-refractivity contribution in [2.45, 2.75) is 32.9 Å². The number of Topliss-reactive ketones (excluding diaryl/α,β-unsaturated/α-hetero) is 1. The van der Waals surface area contributed by atoms with Crippen molar-refractivity contribution in [3.63, 3.8) is 0 Å². The van der Waals surface area contributed by atoms with Gasteiger partial charge < -0.3 is 14.3 Å². The zero-order valence-electron chi connectivity index (χ0n) is 17.8. The summed E-state index contributed by atoms with van der Waals surface area (Å²) in [6, 6.07) is 14.6. The summed E-state index contributed by atoms with van der Waals surface area (Å²) in [5.74, 6) is -0.726. The first-order valence-electron chi connectivity index (χ1n) is 10.2. The van der Waals surface area contributed by atoms with Crippen LogP contribution in [0.15, 0.2) is 75.3 Å². The van der Waals surface area contributed by atoms with Crippen LogP contribution < -0.4 is 9.64 Å². The van der Waals surface area contributed by atoms with E-state index in [1.54, 1.807) is 54.6 Å². The predicted octanol–water partition coefficient (Wildman–Crippen LogP) is 5.76. The molecule has 1 N–H and O–H groups in total. The van der Waals surface area contributed by atoms with Crippen LogP contribution in [0, 0.1) is 6.92 Å². The van der Waals surface area contributed by atoms with E-state index in [2.05, 4.69) is 15.9 Å². The predicted molar refractivity (Wildman–Crippen MR) is 125 cm³/mol. The lowest BCUT2D eigenvalue weighted by Gasteiger charge is -2.23. The molecule has 32 heavy (non-hydrogen) atoms. The average molecular weight is 496 g/mol. The summed E-state index contributed by atoms with van der Waals surface area (Å²) in [7, 11) is 0. The minimum Gasteiger partial charge on any atom is -0.507 e. The quantitative estimate of drug-likeness (QED) is 0.276. The molecule has 4 rings (SSSR count). The number of benzene rings is 2. The molecule has 1 aliphatic rings. The maximum Gasteiger partial charge on any atom is 0.300 e. The first-order chi connectivity index (χ1) is 15.3. The van der Waals surface area contributed by atoms with Crippen LogP contribution in [0.25, 0.3) is 5.76 Å². The number of carbonyl (C=O) groups is 2. The van der Waals surface area contributed by atoms with Crippen LogP contribution in [0.3, 0.4) is 0 Å². The highest BCUT2D eigenvalue weighted by Crippen LogP contribution is 2.42. The highest BCUT2D eigenvalue weighted by Gasteiger charge is 2.48. The minimum atomic E-state index is -0.897. The number of aryl methyl sites for hydroxylation is 1. The van der Waals surface area contributed by atoms with Crippen molar-refractivity contribution < 1.29 is 23.8 Å². The van der Waals surface area contributed by atoms with Crippen LogP contribution in [0.4, 0.5) is 5.69 Å². The second-order valence-corrected chi connectivity index (χ2v) is 8.66. The van der Waals surface area contributed by atoms with Crippen LogP contribution in [-0.2, 0) is 9.59 Å². The monoisotopic (exact) mass is 495 g/mol. The molecule has 7 heteroatoms. The van der Waals surface area contributed by atoms with Gasteiger partial charge >= 0.3 is 0 Å². The number of ether oxygens (including phenoxy) is 1. The Bertz CT molecular complexity index is 1200. The van der Waals surface area contributed by atoms with Gasteiger partial charge in [-0.1, -0.05) is 22.0 Å². The Kier molecular flexibility index (Phi) is 5.93. The molecule has 0 spiro atoms. The van der Waals surface area contributed by atoms with E-state index in [1.165, 1.54) is 11.2 Å². The second kappa shape index (κ2) is 8.67. The maximum absolute atomic E-state index is 13.1. The van der Waals surface area contributed by atoms with E-state index >= 15 is 0 Å². The summed E-state index contributed by atoms with van der Waals surface area (Å²) in [6.07, 6.45) is 1.48. The molecule has 3 aromatic rings. The third-order valence-corrected chi connectivity index (χ3v) is 6.06. The highest BCUT2D eigenvalue weighted by molar-refractivity contribution is 9.10. The molecule has 0 saturated carbocycles. The number of anilines is 1. The van der Waals surface area contributed by atoms with Crippen molar-refractivity contribution in [1.82, 2.24) is 0 Å². The van der Waals surface area contributed by atoms with Gasteiger partial charge in [-0.15, -0.1) is 0 Å². The number of ketones is 1. The van der Waals surface area contributed by atoms with Crippen LogP contribution in [-0.4, -0.2) is 22.9 Å². The summed E-state index contributed by atoms with van der Waals surface area (Å²) >= 11 is 3.44. The summed E-state index contributed by atoms with van der Waals surface area (Å²) < 4.78 is 12.1. The van der Waals surface area contributed by atoms with Crippen molar-refractivity contribution in [2.24, 2.45) is 0 Å². The SMILES string of the molecule is Cc1cc(/C(O)=C2/C(=O)C(=O)N(c3ccc(OC(C)C)cc3)C2c2ccco2)ccc1Br. The molecule has 1 aliphatic heterocycles. The van der Waals surface area contributed by atoms with Gasteiger partial charge in [-0.3, -0.25) is 14.5 Å². The van der Waals surface area contributed by atoms with Gasteiger partial charge in [-0.05, 0) is 74.9 Å². The van der Waals surface area contributed by atoms with E-state index in [9.17, 15) is 14.7 Å². The van der Waals surface area contributed by atoms with E-state index in [-0.39, 0.29) is 17.4 Å². The van der Waals surface area contributed by atoms with Crippen LogP contribution in [0.2, 0.25) is 0 Å². The number of furan rings is 1. The Morgan fingerprint density at radius 2 is 1.84 bits per heavy atom. The van der Waals surface area contributed by atoms with Crippen LogP contribution in [0.1, 0.15) is 36.8 Å². The Labute approximate surface area is 194 Å². The molecule has 6 nitrogen and oxygen atoms in total. The number of hydrogen-bond acceptors (Lipinski definition) is 5. The fourth-order valence-corrected chi connectivity index (χ4v) is 3.97. The van der Waals surface area contributed by atoms with Crippen molar-refractivity contribution in [3.05, 3.63) is 87.8 Å². The van der Waals surface area contributed by atoms with Crippen molar-refractivity contribution in [3.8, 4) is 5.75 Å². The normalized spacial score (nSPS) is 17.9. The van der Waals surface area contributed by atoms with Gasteiger partial charge in [0.15, 0.2) is 0 Å². The van der Waals surface area contributed by atoms with Crippen molar-refractivity contribution in [1.29, 1.82) is 0 Å². The first-order valence-corrected chi connectivity index (χ1v) is 10.9. The van der Waals surface area contributed by atoms with Crippen LogP contribution >= 0.6 is 15.9 Å². The molecule has 0 bridgehead atoms. The average Bonchev–Trinajstić information content (AvgIpc) is 3.37. The van der Waals surface area contributed by atoms with E-state index in [1.807, 2.05) is 20.8 Å². The molecule has 2 aromatic carbocycles. The number of halogens is 1. The minimum absolute atomic E-state index is 0.00700. The Balaban J connectivity index is 1.84. The topological polar surface area (TPSA) is 80.0 Å². The number of nitrogens with zero attached hydrogens (tertiary/aromatic N) is 1. The standard InChI is InChI=1S/C25H22BrNO5/c1-14(2)32-18-9-7-17(8-10-18)27-22(20-5-4-12-31-20)21(24(29)25(27)30)23(28)16-6-11-19(26)15(3)13-16/h4-14,22,28H,1-3H3/b23-21-. The number of carbonyl (C=O) groups excluding carboxylic acids is 2. The van der Waals surface area contributed by atoms with Gasteiger partial charge in [0.2, 0.25) is 0 Å². The largest absolute Gasteiger partial charge is 0.507 e. The second-order valence-electron chi connectivity index (χ2n) is 7.81. The molecule has 1 saturated heterocycles. The van der Waals surface area contributed by atoms with Gasteiger partial charge in [0.1, 0.15) is 23.3 Å². The maximum atomic E-state index is 13.1. The molecule has 0 radical (unpaired) electrons. The molecule has 1 aromatic heterocycles. The number of hydrogen-bond donors (Lipinski definition) is 1. The Hall–Kier alpha value is -3.32. The van der Waals surface area contributed by atoms with E-state index < -0.39 is 17.7 Å². The lowest BCUT2D eigenvalue weighted by Crippen LogP contribution is -2.29. The van der Waals surface area contributed by atoms with E-state index in [0.29, 0.717) is 22.8 Å². The first kappa shape index (κ1) is 21.9. The molecule has 1 unspecified atom stereocenters. The smallest absolute Gasteiger partial charge is 0.300 e. The van der Waals surface area contributed by atoms with Crippen molar-refractivity contribution in [2.75, 3.05) is 4.90 Å². The van der Waals surface area contributed by atoms with Gasteiger partial charge in [0, 0.05) is 15.7 Å².